The highest BCUT2D eigenvalue weighted by atomic mass is 35.5. The van der Waals surface area contributed by atoms with Gasteiger partial charge in [0.05, 0.1) is 17.0 Å². The van der Waals surface area contributed by atoms with E-state index >= 15 is 0 Å². The van der Waals surface area contributed by atoms with Gasteiger partial charge in [-0.3, -0.25) is 4.79 Å². The van der Waals surface area contributed by atoms with Gasteiger partial charge in [0.15, 0.2) is 0 Å². The van der Waals surface area contributed by atoms with E-state index < -0.39 is 16.1 Å². The first-order valence-electron chi connectivity index (χ1n) is 12.1. The van der Waals surface area contributed by atoms with Crippen LogP contribution in [0, 0.1) is 5.92 Å². The van der Waals surface area contributed by atoms with E-state index in [-0.39, 0.29) is 22.2 Å². The van der Waals surface area contributed by atoms with E-state index in [1.807, 2.05) is 48.5 Å². The summed E-state index contributed by atoms with van der Waals surface area (Å²) in [4.78, 5) is 15.4. The molecule has 0 aliphatic carbocycles. The molecule has 1 aliphatic rings. The maximum Gasteiger partial charge on any atom is 0.241 e. The third-order valence-corrected chi connectivity index (χ3v) is 8.37. The van der Waals surface area contributed by atoms with E-state index in [1.165, 1.54) is 30.9 Å². The van der Waals surface area contributed by atoms with Gasteiger partial charge in [0.2, 0.25) is 15.9 Å². The van der Waals surface area contributed by atoms with Crippen molar-refractivity contribution in [1.82, 2.24) is 9.62 Å². The summed E-state index contributed by atoms with van der Waals surface area (Å²) in [5.41, 5.74) is 2.18. The smallest absolute Gasteiger partial charge is 0.241 e. The highest BCUT2D eigenvalue weighted by Crippen LogP contribution is 2.27. The Balaban J connectivity index is 1.48. The summed E-state index contributed by atoms with van der Waals surface area (Å²) in [7, 11) is -2.54. The zero-order chi connectivity index (χ0) is 25.5. The Bertz CT molecular complexity index is 1260. The molecule has 0 radical (unpaired) electrons. The van der Waals surface area contributed by atoms with Crippen LogP contribution in [0.1, 0.15) is 24.0 Å². The topological polar surface area (TPSA) is 75.7 Å². The molecule has 1 atom stereocenters. The minimum atomic E-state index is -4.00. The number of halogens is 1. The molecule has 1 amide bonds. The van der Waals surface area contributed by atoms with Crippen LogP contribution in [0.15, 0.2) is 83.8 Å². The highest BCUT2D eigenvalue weighted by Gasteiger charge is 2.32. The Hall–Kier alpha value is -2.87. The van der Waals surface area contributed by atoms with E-state index in [9.17, 15) is 13.2 Å². The lowest BCUT2D eigenvalue weighted by atomic mass is 9.90. The first-order chi connectivity index (χ1) is 17.4. The van der Waals surface area contributed by atoms with Crippen LogP contribution < -0.4 is 9.46 Å². The van der Waals surface area contributed by atoms with Crippen molar-refractivity contribution in [3.05, 3.63) is 95.0 Å². The van der Waals surface area contributed by atoms with Crippen molar-refractivity contribution in [3.8, 4) is 5.75 Å². The highest BCUT2D eigenvalue weighted by molar-refractivity contribution is 7.89. The number of amides is 1. The maximum atomic E-state index is 13.6. The van der Waals surface area contributed by atoms with E-state index in [0.717, 1.165) is 24.8 Å². The molecule has 3 aromatic rings. The van der Waals surface area contributed by atoms with E-state index in [0.29, 0.717) is 24.8 Å². The molecular formula is C28H31ClN2O4S. The van der Waals surface area contributed by atoms with Crippen LogP contribution in [-0.2, 0) is 27.7 Å². The number of likely N-dealkylation sites (tertiary alicyclic amines) is 1. The molecule has 0 spiro atoms. The van der Waals surface area contributed by atoms with Crippen LogP contribution in [-0.4, -0.2) is 45.5 Å². The van der Waals surface area contributed by atoms with Gasteiger partial charge in [-0.1, -0.05) is 72.3 Å². The Morgan fingerprint density at radius 1 is 1.00 bits per heavy atom. The van der Waals surface area contributed by atoms with Crippen LogP contribution in [0.2, 0.25) is 5.02 Å². The Labute approximate surface area is 218 Å². The fourth-order valence-electron chi connectivity index (χ4n) is 4.62. The summed E-state index contributed by atoms with van der Waals surface area (Å²) in [6.45, 7) is 1.22. The number of nitrogens with zero attached hydrogens (tertiary/aromatic N) is 1. The second-order valence-electron chi connectivity index (χ2n) is 9.12. The van der Waals surface area contributed by atoms with Crippen molar-refractivity contribution in [2.24, 2.45) is 5.92 Å². The molecule has 4 rings (SSSR count). The van der Waals surface area contributed by atoms with Crippen molar-refractivity contribution in [2.45, 2.75) is 36.6 Å². The van der Waals surface area contributed by atoms with E-state index in [1.54, 1.807) is 4.90 Å². The van der Waals surface area contributed by atoms with Crippen LogP contribution >= 0.6 is 11.6 Å². The average molecular weight is 527 g/mol. The second kappa shape index (κ2) is 11.9. The van der Waals surface area contributed by atoms with Crippen LogP contribution in [0.4, 0.5) is 0 Å². The summed E-state index contributed by atoms with van der Waals surface area (Å²) < 4.78 is 34.3. The van der Waals surface area contributed by atoms with Crippen LogP contribution in [0.25, 0.3) is 0 Å². The van der Waals surface area contributed by atoms with Crippen LogP contribution in [0.5, 0.6) is 5.75 Å². The number of rotatable bonds is 9. The predicted octanol–water partition coefficient (Wildman–Crippen LogP) is 4.72. The lowest BCUT2D eigenvalue weighted by molar-refractivity contribution is -0.134. The number of sulfonamides is 1. The lowest BCUT2D eigenvalue weighted by Crippen LogP contribution is -2.51. The standard InChI is InChI=1S/C28H31ClN2O4S/c1-35-27-13-12-24(20-25(27)29)36(33,34)30-26(19-22-10-6-3-7-11-22)28(32)31-16-14-23(15-17-31)18-21-8-4-2-5-9-21/h2-13,20,23,26,30H,14-19H2,1H3/t26-/m0/s1. The SMILES string of the molecule is COc1ccc(S(=O)(=O)N[C@@H](Cc2ccccc2)C(=O)N2CCC(Cc3ccccc3)CC2)cc1Cl. The normalized spacial score (nSPS) is 15.4. The Morgan fingerprint density at radius 2 is 1.61 bits per heavy atom. The van der Waals surface area contributed by atoms with Crippen molar-refractivity contribution in [1.29, 1.82) is 0 Å². The molecule has 0 aromatic heterocycles. The van der Waals surface area contributed by atoms with Gasteiger partial charge in [0, 0.05) is 13.1 Å². The first-order valence-corrected chi connectivity index (χ1v) is 13.9. The summed E-state index contributed by atoms with van der Waals surface area (Å²) >= 11 is 6.17. The molecule has 190 valence electrons. The number of hydrogen-bond donors (Lipinski definition) is 1. The van der Waals surface area contributed by atoms with Gasteiger partial charge in [-0.25, -0.2) is 8.42 Å². The van der Waals surface area contributed by atoms with Crippen molar-refractivity contribution >= 4 is 27.5 Å². The van der Waals surface area contributed by atoms with Gasteiger partial charge < -0.3 is 9.64 Å². The summed E-state index contributed by atoms with van der Waals surface area (Å²) in [6.07, 6.45) is 3.02. The van der Waals surface area contributed by atoms with E-state index in [4.69, 9.17) is 16.3 Å². The zero-order valence-corrected chi connectivity index (χ0v) is 21.8. The predicted molar refractivity (Wildman–Crippen MR) is 142 cm³/mol. The number of carbonyl (C=O) groups excluding carboxylic acids is 1. The van der Waals surface area contributed by atoms with Crippen LogP contribution in [0.3, 0.4) is 0 Å². The molecule has 36 heavy (non-hydrogen) atoms. The van der Waals surface area contributed by atoms with Crippen molar-refractivity contribution in [3.63, 3.8) is 0 Å². The monoisotopic (exact) mass is 526 g/mol. The maximum absolute atomic E-state index is 13.6. The van der Waals surface area contributed by atoms with Gasteiger partial charge in [0.25, 0.3) is 0 Å². The number of piperidine rings is 1. The summed E-state index contributed by atoms with van der Waals surface area (Å²) in [5.74, 6) is 0.674. The third-order valence-electron chi connectivity index (χ3n) is 6.61. The number of ether oxygens (including phenoxy) is 1. The second-order valence-corrected chi connectivity index (χ2v) is 11.2. The molecule has 8 heteroatoms. The minimum Gasteiger partial charge on any atom is -0.495 e. The number of methoxy groups -OCH3 is 1. The number of nitrogens with one attached hydrogen (secondary N) is 1. The van der Waals surface area contributed by atoms with E-state index in [2.05, 4.69) is 16.9 Å². The molecule has 0 unspecified atom stereocenters. The Kier molecular flexibility index (Phi) is 8.67. The largest absolute Gasteiger partial charge is 0.495 e. The quantitative estimate of drug-likeness (QED) is 0.438. The van der Waals surface area contributed by atoms with Crippen molar-refractivity contribution < 1.29 is 17.9 Å². The van der Waals surface area contributed by atoms with Crippen molar-refractivity contribution in [2.75, 3.05) is 20.2 Å². The molecular weight excluding hydrogens is 496 g/mol. The van der Waals surface area contributed by atoms with Gasteiger partial charge in [0.1, 0.15) is 11.8 Å². The molecule has 0 saturated carbocycles. The molecule has 3 aromatic carbocycles. The molecule has 1 N–H and O–H groups in total. The number of hydrogen-bond acceptors (Lipinski definition) is 4. The average Bonchev–Trinajstić information content (AvgIpc) is 2.89. The molecule has 6 nitrogen and oxygen atoms in total. The van der Waals surface area contributed by atoms with Gasteiger partial charge >= 0.3 is 0 Å². The fourth-order valence-corrected chi connectivity index (χ4v) is 6.16. The number of carbonyl (C=O) groups is 1. The van der Waals surface area contributed by atoms with Gasteiger partial charge in [-0.2, -0.15) is 4.72 Å². The van der Waals surface area contributed by atoms with Gasteiger partial charge in [-0.05, 0) is 60.9 Å². The van der Waals surface area contributed by atoms with Gasteiger partial charge in [-0.15, -0.1) is 0 Å². The molecule has 1 saturated heterocycles. The molecule has 1 aliphatic heterocycles. The lowest BCUT2D eigenvalue weighted by Gasteiger charge is -2.34. The number of benzene rings is 3. The summed E-state index contributed by atoms with van der Waals surface area (Å²) in [6, 6.07) is 23.1. The molecule has 0 bridgehead atoms. The minimum absolute atomic E-state index is 0.0132. The Morgan fingerprint density at radius 3 is 2.19 bits per heavy atom. The molecule has 1 fully saturated rings. The third kappa shape index (κ3) is 6.66. The zero-order valence-electron chi connectivity index (χ0n) is 20.3. The summed E-state index contributed by atoms with van der Waals surface area (Å²) in [5, 5.41) is 0.187. The molecule has 1 heterocycles. The fraction of sp³-hybridized carbons (Fsp3) is 0.321. The first kappa shape index (κ1) is 26.2.